The van der Waals surface area contributed by atoms with Gasteiger partial charge in [0.25, 0.3) is 11.5 Å². The van der Waals surface area contributed by atoms with E-state index in [-0.39, 0.29) is 11.5 Å². The first-order valence-corrected chi connectivity index (χ1v) is 7.49. The highest BCUT2D eigenvalue weighted by Crippen LogP contribution is 2.13. The van der Waals surface area contributed by atoms with E-state index >= 15 is 0 Å². The van der Waals surface area contributed by atoms with Gasteiger partial charge in [-0.05, 0) is 49.5 Å². The fourth-order valence-corrected chi connectivity index (χ4v) is 2.64. The largest absolute Gasteiger partial charge is 0.332 e. The zero-order chi connectivity index (χ0) is 16.4. The maximum atomic E-state index is 12.3. The van der Waals surface area contributed by atoms with E-state index < -0.39 is 0 Å². The summed E-state index contributed by atoms with van der Waals surface area (Å²) >= 11 is 5.18. The van der Waals surface area contributed by atoms with Crippen LogP contribution in [0.4, 0.5) is 5.69 Å². The Morgan fingerprint density at radius 2 is 2.04 bits per heavy atom. The number of anilines is 1. The van der Waals surface area contributed by atoms with Crippen LogP contribution in [0.15, 0.2) is 47.5 Å². The molecular formula is C16H14N4O2S. The van der Waals surface area contributed by atoms with Crippen molar-refractivity contribution in [2.75, 3.05) is 5.32 Å². The molecule has 0 aliphatic carbocycles. The number of nitrogens with one attached hydrogen (secondary N) is 2. The third kappa shape index (κ3) is 2.91. The van der Waals surface area contributed by atoms with Crippen molar-refractivity contribution in [2.24, 2.45) is 0 Å². The summed E-state index contributed by atoms with van der Waals surface area (Å²) in [5.41, 5.74) is 1.48. The fourth-order valence-electron chi connectivity index (χ4n) is 2.32. The van der Waals surface area contributed by atoms with E-state index in [2.05, 4.69) is 15.3 Å². The molecule has 0 aliphatic rings. The Morgan fingerprint density at radius 1 is 1.30 bits per heavy atom. The van der Waals surface area contributed by atoms with Crippen LogP contribution < -0.4 is 10.9 Å². The Kier molecular flexibility index (Phi) is 4.03. The van der Waals surface area contributed by atoms with E-state index in [1.165, 1.54) is 4.57 Å². The second-order valence-electron chi connectivity index (χ2n) is 4.93. The summed E-state index contributed by atoms with van der Waals surface area (Å²) in [6.07, 6.45) is 3.20. The van der Waals surface area contributed by atoms with Crippen LogP contribution in [0.25, 0.3) is 10.9 Å². The summed E-state index contributed by atoms with van der Waals surface area (Å²) in [6.45, 7) is 2.35. The first-order valence-electron chi connectivity index (χ1n) is 7.08. The van der Waals surface area contributed by atoms with Gasteiger partial charge >= 0.3 is 0 Å². The molecule has 0 unspecified atom stereocenters. The van der Waals surface area contributed by atoms with Crippen molar-refractivity contribution in [1.29, 1.82) is 0 Å². The molecule has 6 nitrogen and oxygen atoms in total. The van der Waals surface area contributed by atoms with Gasteiger partial charge in [0, 0.05) is 30.2 Å². The predicted octanol–water partition coefficient (Wildman–Crippen LogP) is 2.73. The Morgan fingerprint density at radius 3 is 2.74 bits per heavy atom. The van der Waals surface area contributed by atoms with Crippen molar-refractivity contribution >= 4 is 34.7 Å². The van der Waals surface area contributed by atoms with E-state index in [0.29, 0.717) is 33.5 Å². The van der Waals surface area contributed by atoms with Crippen LogP contribution >= 0.6 is 12.2 Å². The highest BCUT2D eigenvalue weighted by Gasteiger charge is 2.10. The summed E-state index contributed by atoms with van der Waals surface area (Å²) in [7, 11) is 0. The maximum Gasteiger partial charge on any atom is 0.262 e. The third-order valence-electron chi connectivity index (χ3n) is 3.50. The zero-order valence-electron chi connectivity index (χ0n) is 12.4. The van der Waals surface area contributed by atoms with Crippen LogP contribution in [-0.2, 0) is 6.54 Å². The number of nitrogens with zero attached hydrogens (tertiary/aromatic N) is 2. The molecule has 0 spiro atoms. The predicted molar refractivity (Wildman–Crippen MR) is 91.3 cm³/mol. The van der Waals surface area contributed by atoms with Gasteiger partial charge in [0.2, 0.25) is 0 Å². The minimum Gasteiger partial charge on any atom is -0.332 e. The number of amides is 1. The molecule has 0 atom stereocenters. The number of hydrogen-bond donors (Lipinski definition) is 2. The molecule has 3 rings (SSSR count). The smallest absolute Gasteiger partial charge is 0.262 e. The quantitative estimate of drug-likeness (QED) is 0.725. The molecule has 0 bridgehead atoms. The standard InChI is InChI=1S/C16H14N4O2S/c1-2-20-15(22)12-4-3-10(9-13(12)19-16(20)23)14(21)18-11-5-7-17-8-6-11/h3-9H,2H2,1H3,(H,19,23)(H,17,18,21). The molecule has 3 aromatic rings. The number of aromatic nitrogens is 3. The van der Waals surface area contributed by atoms with Gasteiger partial charge in [-0.3, -0.25) is 19.1 Å². The second-order valence-corrected chi connectivity index (χ2v) is 5.32. The number of benzene rings is 1. The monoisotopic (exact) mass is 326 g/mol. The molecule has 7 heteroatoms. The highest BCUT2D eigenvalue weighted by molar-refractivity contribution is 7.71. The van der Waals surface area contributed by atoms with Crippen LogP contribution in [0, 0.1) is 4.77 Å². The van der Waals surface area contributed by atoms with E-state index in [9.17, 15) is 9.59 Å². The van der Waals surface area contributed by atoms with Gasteiger partial charge in [0.05, 0.1) is 10.9 Å². The molecule has 2 heterocycles. The zero-order valence-corrected chi connectivity index (χ0v) is 13.2. The summed E-state index contributed by atoms with van der Waals surface area (Å²) in [4.78, 5) is 31.5. The van der Waals surface area contributed by atoms with E-state index in [1.54, 1.807) is 42.7 Å². The molecule has 0 saturated heterocycles. The summed E-state index contributed by atoms with van der Waals surface area (Å²) < 4.78 is 1.82. The second kappa shape index (κ2) is 6.13. The lowest BCUT2D eigenvalue weighted by molar-refractivity contribution is 0.102. The highest BCUT2D eigenvalue weighted by atomic mass is 32.1. The lowest BCUT2D eigenvalue weighted by atomic mass is 10.1. The lowest BCUT2D eigenvalue weighted by Gasteiger charge is -2.08. The van der Waals surface area contributed by atoms with Crippen LogP contribution in [0.3, 0.4) is 0 Å². The number of aromatic amines is 1. The number of H-pyrrole nitrogens is 1. The first-order chi connectivity index (χ1) is 11.1. The van der Waals surface area contributed by atoms with Gasteiger partial charge in [0.1, 0.15) is 0 Å². The molecule has 1 amide bonds. The van der Waals surface area contributed by atoms with Gasteiger partial charge in [0.15, 0.2) is 4.77 Å². The van der Waals surface area contributed by atoms with Gasteiger partial charge in [-0.15, -0.1) is 0 Å². The van der Waals surface area contributed by atoms with Gasteiger partial charge in [-0.1, -0.05) is 0 Å². The molecule has 1 aromatic carbocycles. The van der Waals surface area contributed by atoms with Crippen LogP contribution in [0.2, 0.25) is 0 Å². The summed E-state index contributed by atoms with van der Waals surface area (Å²) in [6, 6.07) is 8.29. The SMILES string of the molecule is CCn1c(=S)[nH]c2cc(C(=O)Nc3ccncc3)ccc2c1=O. The third-order valence-corrected chi connectivity index (χ3v) is 3.82. The molecule has 0 aliphatic heterocycles. The number of rotatable bonds is 3. The molecule has 0 saturated carbocycles. The first kappa shape index (κ1) is 15.1. The van der Waals surface area contributed by atoms with Gasteiger partial charge in [-0.2, -0.15) is 0 Å². The Balaban J connectivity index is 2.02. The summed E-state index contributed by atoms with van der Waals surface area (Å²) in [5.74, 6) is -0.267. The van der Waals surface area contributed by atoms with Crippen molar-refractivity contribution in [2.45, 2.75) is 13.5 Å². The molecule has 0 fully saturated rings. The lowest BCUT2D eigenvalue weighted by Crippen LogP contribution is -2.21. The molecule has 2 aromatic heterocycles. The van der Waals surface area contributed by atoms with Crippen molar-refractivity contribution in [3.8, 4) is 0 Å². The molecule has 116 valence electrons. The number of carbonyl (C=O) groups is 1. The minimum absolute atomic E-state index is 0.160. The number of carbonyl (C=O) groups excluding carboxylic acids is 1. The number of hydrogen-bond acceptors (Lipinski definition) is 4. The Hall–Kier alpha value is -2.80. The molecule has 2 N–H and O–H groups in total. The fraction of sp³-hybridized carbons (Fsp3) is 0.125. The minimum atomic E-state index is -0.267. The van der Waals surface area contributed by atoms with Gasteiger partial charge in [-0.25, -0.2) is 0 Å². The number of pyridine rings is 1. The van der Waals surface area contributed by atoms with Crippen molar-refractivity contribution in [3.63, 3.8) is 0 Å². The summed E-state index contributed by atoms with van der Waals surface area (Å²) in [5, 5.41) is 3.27. The number of fused-ring (bicyclic) bond motifs is 1. The van der Waals surface area contributed by atoms with Crippen molar-refractivity contribution in [3.05, 3.63) is 63.4 Å². The Labute approximate surface area is 136 Å². The van der Waals surface area contributed by atoms with Crippen molar-refractivity contribution < 1.29 is 4.79 Å². The average molecular weight is 326 g/mol. The van der Waals surface area contributed by atoms with Gasteiger partial charge < -0.3 is 10.3 Å². The van der Waals surface area contributed by atoms with Crippen LogP contribution in [0.5, 0.6) is 0 Å². The van der Waals surface area contributed by atoms with E-state index in [4.69, 9.17) is 12.2 Å². The van der Waals surface area contributed by atoms with Crippen LogP contribution in [-0.4, -0.2) is 20.4 Å². The van der Waals surface area contributed by atoms with E-state index in [0.717, 1.165) is 0 Å². The average Bonchev–Trinajstić information content (AvgIpc) is 2.55. The van der Waals surface area contributed by atoms with Crippen LogP contribution in [0.1, 0.15) is 17.3 Å². The van der Waals surface area contributed by atoms with Crippen molar-refractivity contribution in [1.82, 2.24) is 14.5 Å². The Bertz CT molecular complexity index is 992. The molecule has 23 heavy (non-hydrogen) atoms. The van der Waals surface area contributed by atoms with E-state index in [1.807, 2.05) is 6.92 Å². The maximum absolute atomic E-state index is 12.3. The normalized spacial score (nSPS) is 10.7. The molecular weight excluding hydrogens is 312 g/mol. The molecule has 0 radical (unpaired) electrons. The topological polar surface area (TPSA) is 79.8 Å².